The summed E-state index contributed by atoms with van der Waals surface area (Å²) in [6.07, 6.45) is 3.83. The van der Waals surface area contributed by atoms with Crippen LogP contribution in [0.5, 0.6) is 0 Å². The second kappa shape index (κ2) is 5.32. The van der Waals surface area contributed by atoms with Gasteiger partial charge in [0.05, 0.1) is 8.66 Å². The van der Waals surface area contributed by atoms with Gasteiger partial charge in [0.15, 0.2) is 0 Å². The second-order valence-corrected chi connectivity index (χ2v) is 7.06. The molecule has 1 aliphatic carbocycles. The highest BCUT2D eigenvalue weighted by Crippen LogP contribution is 2.29. The lowest BCUT2D eigenvalue weighted by Gasteiger charge is -2.10. The molecule has 2 nitrogen and oxygen atoms in total. The number of carbonyl (C=O) groups excluding carboxylic acids is 1. The van der Waals surface area contributed by atoms with Crippen molar-refractivity contribution in [3.05, 3.63) is 20.8 Å². The van der Waals surface area contributed by atoms with E-state index in [9.17, 15) is 4.79 Å². The fraction of sp³-hybridized carbons (Fsp3) is 0.583. The van der Waals surface area contributed by atoms with Crippen LogP contribution in [0, 0.1) is 11.8 Å². The molecule has 1 aliphatic rings. The van der Waals surface area contributed by atoms with Gasteiger partial charge in [-0.05, 0) is 52.7 Å². The molecule has 0 radical (unpaired) electrons. The molecule has 1 N–H and O–H groups in total. The number of nitrogens with one attached hydrogen (secondary N) is 1. The molecule has 0 saturated heterocycles. The summed E-state index contributed by atoms with van der Waals surface area (Å²) in [7, 11) is 0. The third kappa shape index (κ3) is 3.08. The maximum Gasteiger partial charge on any atom is 0.261 e. The first-order valence-electron chi connectivity index (χ1n) is 5.68. The summed E-state index contributed by atoms with van der Waals surface area (Å²) in [4.78, 5) is 12.6. The molecule has 0 aliphatic heterocycles. The highest BCUT2D eigenvalue weighted by Gasteiger charge is 2.21. The zero-order valence-electron chi connectivity index (χ0n) is 9.33. The molecule has 1 aromatic heterocycles. The number of carbonyl (C=O) groups is 1. The van der Waals surface area contributed by atoms with E-state index in [4.69, 9.17) is 0 Å². The monoisotopic (exact) mass is 301 g/mol. The summed E-state index contributed by atoms with van der Waals surface area (Å²) in [5, 5.41) is 3.03. The number of amides is 1. The van der Waals surface area contributed by atoms with Crippen LogP contribution in [-0.4, -0.2) is 12.5 Å². The molecule has 2 unspecified atom stereocenters. The molecular formula is C12H16BrNOS. The number of hydrogen-bond acceptors (Lipinski definition) is 2. The predicted molar refractivity (Wildman–Crippen MR) is 70.9 cm³/mol. The number of hydrogen-bond donors (Lipinski definition) is 1. The Morgan fingerprint density at radius 3 is 2.94 bits per heavy atom. The lowest BCUT2D eigenvalue weighted by Crippen LogP contribution is -2.27. The quantitative estimate of drug-likeness (QED) is 0.906. The predicted octanol–water partition coefficient (Wildman–Crippen LogP) is 3.68. The van der Waals surface area contributed by atoms with Crippen LogP contribution in [-0.2, 0) is 0 Å². The highest BCUT2D eigenvalue weighted by molar-refractivity contribution is 9.11. The zero-order valence-corrected chi connectivity index (χ0v) is 11.7. The minimum atomic E-state index is 0.0650. The van der Waals surface area contributed by atoms with Crippen molar-refractivity contribution in [2.75, 3.05) is 6.54 Å². The second-order valence-electron chi connectivity index (χ2n) is 4.60. The van der Waals surface area contributed by atoms with E-state index in [0.717, 1.165) is 21.1 Å². The van der Waals surface area contributed by atoms with Crippen LogP contribution in [0.2, 0.25) is 0 Å². The van der Waals surface area contributed by atoms with Gasteiger partial charge in [-0.15, -0.1) is 11.3 Å². The Morgan fingerprint density at radius 1 is 1.56 bits per heavy atom. The molecule has 2 rings (SSSR count). The molecule has 1 aromatic rings. The van der Waals surface area contributed by atoms with Gasteiger partial charge in [-0.2, -0.15) is 0 Å². The zero-order chi connectivity index (χ0) is 11.5. The molecular weight excluding hydrogens is 286 g/mol. The first-order chi connectivity index (χ1) is 7.65. The summed E-state index contributed by atoms with van der Waals surface area (Å²) < 4.78 is 1.01. The lowest BCUT2D eigenvalue weighted by atomic mass is 10.1. The molecule has 2 atom stereocenters. The van der Waals surface area contributed by atoms with Crippen LogP contribution < -0.4 is 5.32 Å². The molecule has 0 spiro atoms. The van der Waals surface area contributed by atoms with Crippen molar-refractivity contribution in [2.24, 2.45) is 11.8 Å². The van der Waals surface area contributed by atoms with Crippen molar-refractivity contribution in [3.63, 3.8) is 0 Å². The smallest absolute Gasteiger partial charge is 0.261 e. The lowest BCUT2D eigenvalue weighted by molar-refractivity contribution is 0.0951. The molecule has 4 heteroatoms. The molecule has 0 aromatic carbocycles. The molecule has 16 heavy (non-hydrogen) atoms. The maximum absolute atomic E-state index is 11.8. The van der Waals surface area contributed by atoms with Crippen LogP contribution >= 0.6 is 27.3 Å². The average molecular weight is 302 g/mol. The average Bonchev–Trinajstić information content (AvgIpc) is 2.84. The molecule has 1 heterocycles. The third-order valence-corrected chi connectivity index (χ3v) is 4.77. The first kappa shape index (κ1) is 12.1. The standard InChI is InChI=1S/C12H16BrNOS/c1-8-2-3-9(6-8)7-14-12(15)10-4-5-11(13)16-10/h4-5,8-9H,2-3,6-7H2,1H3,(H,14,15). The molecule has 1 fully saturated rings. The van der Waals surface area contributed by atoms with Gasteiger partial charge < -0.3 is 5.32 Å². The highest BCUT2D eigenvalue weighted by atomic mass is 79.9. The van der Waals surface area contributed by atoms with Crippen LogP contribution in [0.4, 0.5) is 0 Å². The van der Waals surface area contributed by atoms with Crippen molar-refractivity contribution in [1.29, 1.82) is 0 Å². The summed E-state index contributed by atoms with van der Waals surface area (Å²) >= 11 is 4.85. The summed E-state index contributed by atoms with van der Waals surface area (Å²) in [5.41, 5.74) is 0. The summed E-state index contributed by atoms with van der Waals surface area (Å²) in [5.74, 6) is 1.58. The van der Waals surface area contributed by atoms with Gasteiger partial charge in [0, 0.05) is 6.54 Å². The fourth-order valence-electron chi connectivity index (χ4n) is 2.27. The van der Waals surface area contributed by atoms with Crippen LogP contribution in [0.25, 0.3) is 0 Å². The van der Waals surface area contributed by atoms with E-state index in [0.29, 0.717) is 5.92 Å². The Labute approximate surface area is 109 Å². The Kier molecular flexibility index (Phi) is 4.03. The van der Waals surface area contributed by atoms with Gasteiger partial charge >= 0.3 is 0 Å². The normalized spacial score (nSPS) is 24.6. The molecule has 1 saturated carbocycles. The Bertz CT molecular complexity index is 377. The van der Waals surface area contributed by atoms with Gasteiger partial charge in [-0.25, -0.2) is 0 Å². The SMILES string of the molecule is CC1CCC(CNC(=O)c2ccc(Br)s2)C1. The van der Waals surface area contributed by atoms with E-state index in [1.165, 1.54) is 30.6 Å². The van der Waals surface area contributed by atoms with Crippen LogP contribution in [0.3, 0.4) is 0 Å². The van der Waals surface area contributed by atoms with Gasteiger partial charge in [0.25, 0.3) is 5.91 Å². The van der Waals surface area contributed by atoms with E-state index in [1.807, 2.05) is 12.1 Å². The Morgan fingerprint density at radius 2 is 2.38 bits per heavy atom. The maximum atomic E-state index is 11.8. The Hall–Kier alpha value is -0.350. The van der Waals surface area contributed by atoms with Crippen LogP contribution in [0.15, 0.2) is 15.9 Å². The van der Waals surface area contributed by atoms with Crippen molar-refractivity contribution >= 4 is 33.2 Å². The summed E-state index contributed by atoms with van der Waals surface area (Å²) in [6.45, 7) is 3.12. The number of halogens is 1. The van der Waals surface area contributed by atoms with Crippen molar-refractivity contribution < 1.29 is 4.79 Å². The van der Waals surface area contributed by atoms with Gasteiger partial charge in [-0.3, -0.25) is 4.79 Å². The Balaban J connectivity index is 1.80. The van der Waals surface area contributed by atoms with Crippen molar-refractivity contribution in [3.8, 4) is 0 Å². The van der Waals surface area contributed by atoms with E-state index < -0.39 is 0 Å². The summed E-state index contributed by atoms with van der Waals surface area (Å²) in [6, 6.07) is 3.78. The van der Waals surface area contributed by atoms with Gasteiger partial charge in [-0.1, -0.05) is 13.3 Å². The van der Waals surface area contributed by atoms with Gasteiger partial charge in [0.2, 0.25) is 0 Å². The van der Waals surface area contributed by atoms with E-state index in [1.54, 1.807) is 0 Å². The third-order valence-electron chi connectivity index (χ3n) is 3.15. The van der Waals surface area contributed by atoms with E-state index in [-0.39, 0.29) is 5.91 Å². The molecule has 0 bridgehead atoms. The minimum absolute atomic E-state index is 0.0650. The van der Waals surface area contributed by atoms with Crippen molar-refractivity contribution in [2.45, 2.75) is 26.2 Å². The van der Waals surface area contributed by atoms with E-state index in [2.05, 4.69) is 28.2 Å². The van der Waals surface area contributed by atoms with E-state index >= 15 is 0 Å². The molecule has 1 amide bonds. The largest absolute Gasteiger partial charge is 0.351 e. The number of rotatable bonds is 3. The van der Waals surface area contributed by atoms with Crippen molar-refractivity contribution in [1.82, 2.24) is 5.32 Å². The van der Waals surface area contributed by atoms with Gasteiger partial charge in [0.1, 0.15) is 0 Å². The van der Waals surface area contributed by atoms with Crippen LogP contribution in [0.1, 0.15) is 35.9 Å². The number of thiophene rings is 1. The topological polar surface area (TPSA) is 29.1 Å². The first-order valence-corrected chi connectivity index (χ1v) is 7.29. The molecule has 88 valence electrons. The fourth-order valence-corrected chi connectivity index (χ4v) is 3.57. The minimum Gasteiger partial charge on any atom is -0.351 e.